The second-order valence-corrected chi connectivity index (χ2v) is 6.67. The van der Waals surface area contributed by atoms with Crippen molar-refractivity contribution < 1.29 is 13.2 Å². The van der Waals surface area contributed by atoms with E-state index >= 15 is 0 Å². The molecule has 0 aliphatic rings. The van der Waals surface area contributed by atoms with Crippen LogP contribution in [0, 0.1) is 6.92 Å². The minimum atomic E-state index is -3.68. The molecule has 0 spiro atoms. The number of aryl methyl sites for hydroxylation is 1. The van der Waals surface area contributed by atoms with Gasteiger partial charge in [0.05, 0.1) is 15.5 Å². The number of anilines is 2. The molecule has 0 aliphatic carbocycles. The number of carbonyl (C=O) groups is 1. The smallest absolute Gasteiger partial charge is 0.221 e. The molecule has 0 aliphatic heterocycles. The summed E-state index contributed by atoms with van der Waals surface area (Å²) >= 11 is 0. The second-order valence-electron chi connectivity index (χ2n) is 4.75. The molecular weight excluding hydrogens is 288 g/mol. The van der Waals surface area contributed by atoms with Crippen LogP contribution < -0.4 is 11.1 Å². The van der Waals surface area contributed by atoms with Crippen molar-refractivity contribution in [1.29, 1.82) is 0 Å². The molecule has 0 radical (unpaired) electrons. The summed E-state index contributed by atoms with van der Waals surface area (Å²) < 4.78 is 25.1. The van der Waals surface area contributed by atoms with Crippen LogP contribution in [0.1, 0.15) is 12.5 Å². The molecule has 2 aromatic rings. The number of amides is 1. The van der Waals surface area contributed by atoms with Crippen LogP contribution >= 0.6 is 0 Å². The van der Waals surface area contributed by atoms with Crippen LogP contribution in [0.3, 0.4) is 0 Å². The van der Waals surface area contributed by atoms with Gasteiger partial charge in [-0.15, -0.1) is 0 Å². The van der Waals surface area contributed by atoms with Crippen molar-refractivity contribution in [2.45, 2.75) is 23.6 Å². The molecule has 2 rings (SSSR count). The largest absolute Gasteiger partial charge is 0.398 e. The summed E-state index contributed by atoms with van der Waals surface area (Å²) in [7, 11) is -3.68. The normalized spacial score (nSPS) is 11.1. The highest BCUT2D eigenvalue weighted by atomic mass is 32.2. The van der Waals surface area contributed by atoms with E-state index in [1.807, 2.05) is 13.0 Å². The number of carbonyl (C=O) groups excluding carboxylic acids is 1. The van der Waals surface area contributed by atoms with Crippen molar-refractivity contribution in [1.82, 2.24) is 0 Å². The SMILES string of the molecule is CC(=O)Nc1ccc(S(=O)(=O)c2cccc(C)c2)c(N)c1. The summed E-state index contributed by atoms with van der Waals surface area (Å²) in [6.07, 6.45) is 0. The molecule has 2 aromatic carbocycles. The lowest BCUT2D eigenvalue weighted by atomic mass is 10.2. The molecule has 5 nitrogen and oxygen atoms in total. The third-order valence-corrected chi connectivity index (χ3v) is 4.74. The lowest BCUT2D eigenvalue weighted by Gasteiger charge is -2.10. The van der Waals surface area contributed by atoms with Gasteiger partial charge in [0.25, 0.3) is 0 Å². The molecule has 0 unspecified atom stereocenters. The van der Waals surface area contributed by atoms with Crippen molar-refractivity contribution in [3.63, 3.8) is 0 Å². The molecule has 0 heterocycles. The summed E-state index contributed by atoms with van der Waals surface area (Å²) in [4.78, 5) is 11.2. The maximum absolute atomic E-state index is 12.6. The van der Waals surface area contributed by atoms with Gasteiger partial charge in [0.15, 0.2) is 0 Å². The van der Waals surface area contributed by atoms with Gasteiger partial charge in [-0.2, -0.15) is 0 Å². The third kappa shape index (κ3) is 3.22. The van der Waals surface area contributed by atoms with Gasteiger partial charge in [-0.3, -0.25) is 4.79 Å². The Labute approximate surface area is 123 Å². The van der Waals surface area contributed by atoms with Gasteiger partial charge in [-0.05, 0) is 42.8 Å². The van der Waals surface area contributed by atoms with Crippen LogP contribution in [0.15, 0.2) is 52.3 Å². The lowest BCUT2D eigenvalue weighted by molar-refractivity contribution is -0.114. The van der Waals surface area contributed by atoms with Gasteiger partial charge in [-0.1, -0.05) is 12.1 Å². The van der Waals surface area contributed by atoms with Crippen LogP contribution in [0.4, 0.5) is 11.4 Å². The summed E-state index contributed by atoms with van der Waals surface area (Å²) in [6, 6.07) is 11.0. The first-order chi connectivity index (χ1) is 9.80. The van der Waals surface area contributed by atoms with E-state index in [4.69, 9.17) is 5.73 Å². The number of benzene rings is 2. The third-order valence-electron chi connectivity index (χ3n) is 2.92. The molecule has 3 N–H and O–H groups in total. The van der Waals surface area contributed by atoms with Crippen molar-refractivity contribution in [2.75, 3.05) is 11.1 Å². The Bertz CT molecular complexity index is 798. The Hall–Kier alpha value is -2.34. The quantitative estimate of drug-likeness (QED) is 0.852. The molecule has 0 fully saturated rings. The Balaban J connectivity index is 2.48. The van der Waals surface area contributed by atoms with Gasteiger partial charge in [-0.25, -0.2) is 8.42 Å². The standard InChI is InChI=1S/C15H16N2O3S/c1-10-4-3-5-13(8-10)21(19,20)15-7-6-12(9-14(15)16)17-11(2)18/h3-9H,16H2,1-2H3,(H,17,18). The fourth-order valence-corrected chi connectivity index (χ4v) is 3.45. The summed E-state index contributed by atoms with van der Waals surface area (Å²) in [6.45, 7) is 3.19. The van der Waals surface area contributed by atoms with Crippen LogP contribution in [0.2, 0.25) is 0 Å². The van der Waals surface area contributed by atoms with E-state index in [2.05, 4.69) is 5.32 Å². The van der Waals surface area contributed by atoms with Crippen LogP contribution in [-0.4, -0.2) is 14.3 Å². The number of hydrogen-bond donors (Lipinski definition) is 2. The van der Waals surface area contributed by atoms with E-state index in [1.54, 1.807) is 12.1 Å². The summed E-state index contributed by atoms with van der Waals surface area (Å²) in [5.41, 5.74) is 7.24. The minimum Gasteiger partial charge on any atom is -0.398 e. The maximum atomic E-state index is 12.6. The predicted octanol–water partition coefficient (Wildman–Crippen LogP) is 2.37. The lowest BCUT2D eigenvalue weighted by Crippen LogP contribution is -2.09. The fourth-order valence-electron chi connectivity index (χ4n) is 1.98. The number of nitrogen functional groups attached to an aromatic ring is 1. The highest BCUT2D eigenvalue weighted by molar-refractivity contribution is 7.91. The molecular formula is C15H16N2O3S. The zero-order chi connectivity index (χ0) is 15.6. The van der Waals surface area contributed by atoms with E-state index in [9.17, 15) is 13.2 Å². The molecule has 110 valence electrons. The second kappa shape index (κ2) is 5.57. The van der Waals surface area contributed by atoms with Gasteiger partial charge >= 0.3 is 0 Å². The average Bonchev–Trinajstić information content (AvgIpc) is 2.37. The van der Waals surface area contributed by atoms with Gasteiger partial charge < -0.3 is 11.1 Å². The summed E-state index contributed by atoms with van der Waals surface area (Å²) in [5.74, 6) is -0.247. The number of rotatable bonds is 3. The zero-order valence-corrected chi connectivity index (χ0v) is 12.6. The van der Waals surface area contributed by atoms with Gasteiger partial charge in [0, 0.05) is 12.6 Å². The van der Waals surface area contributed by atoms with E-state index < -0.39 is 9.84 Å². The predicted molar refractivity (Wildman–Crippen MR) is 81.8 cm³/mol. The molecule has 0 saturated heterocycles. The number of sulfone groups is 1. The highest BCUT2D eigenvalue weighted by Crippen LogP contribution is 2.28. The minimum absolute atomic E-state index is 0.0298. The first kappa shape index (κ1) is 15.1. The van der Waals surface area contributed by atoms with Crippen molar-refractivity contribution in [3.8, 4) is 0 Å². The van der Waals surface area contributed by atoms with Crippen LogP contribution in [-0.2, 0) is 14.6 Å². The molecule has 1 amide bonds. The van der Waals surface area contributed by atoms with E-state index in [-0.39, 0.29) is 21.4 Å². The first-order valence-electron chi connectivity index (χ1n) is 6.29. The maximum Gasteiger partial charge on any atom is 0.221 e. The van der Waals surface area contributed by atoms with Crippen molar-refractivity contribution >= 4 is 27.1 Å². The molecule has 0 bridgehead atoms. The Morgan fingerprint density at radius 3 is 2.43 bits per heavy atom. The average molecular weight is 304 g/mol. The first-order valence-corrected chi connectivity index (χ1v) is 7.78. The molecule has 6 heteroatoms. The van der Waals surface area contributed by atoms with Crippen LogP contribution in [0.5, 0.6) is 0 Å². The molecule has 21 heavy (non-hydrogen) atoms. The van der Waals surface area contributed by atoms with Crippen molar-refractivity contribution in [2.24, 2.45) is 0 Å². The van der Waals surface area contributed by atoms with E-state index in [1.165, 1.54) is 31.2 Å². The van der Waals surface area contributed by atoms with E-state index in [0.717, 1.165) is 5.56 Å². The Kier molecular flexibility index (Phi) is 3.99. The molecule has 0 saturated carbocycles. The Morgan fingerprint density at radius 2 is 1.86 bits per heavy atom. The molecule has 0 aromatic heterocycles. The number of hydrogen-bond acceptors (Lipinski definition) is 4. The number of nitrogens with two attached hydrogens (primary N) is 1. The molecule has 0 atom stereocenters. The van der Waals surface area contributed by atoms with Crippen LogP contribution in [0.25, 0.3) is 0 Å². The van der Waals surface area contributed by atoms with E-state index in [0.29, 0.717) is 5.69 Å². The zero-order valence-electron chi connectivity index (χ0n) is 11.8. The Morgan fingerprint density at radius 1 is 1.14 bits per heavy atom. The monoisotopic (exact) mass is 304 g/mol. The van der Waals surface area contributed by atoms with Crippen molar-refractivity contribution in [3.05, 3.63) is 48.0 Å². The number of nitrogens with one attached hydrogen (secondary N) is 1. The topological polar surface area (TPSA) is 89.3 Å². The van der Waals surface area contributed by atoms with Gasteiger partial charge in [0.1, 0.15) is 0 Å². The fraction of sp³-hybridized carbons (Fsp3) is 0.133. The summed E-state index contributed by atoms with van der Waals surface area (Å²) in [5, 5.41) is 2.56. The highest BCUT2D eigenvalue weighted by Gasteiger charge is 2.20. The van der Waals surface area contributed by atoms with Gasteiger partial charge in [0.2, 0.25) is 15.7 Å².